The molecule has 28 heavy (non-hydrogen) atoms. The summed E-state index contributed by atoms with van der Waals surface area (Å²) in [6.45, 7) is -0.920. The van der Waals surface area contributed by atoms with Crippen LogP contribution in [0.25, 0.3) is 11.2 Å². The van der Waals surface area contributed by atoms with Gasteiger partial charge in [-0.15, -0.1) is 0 Å². The zero-order chi connectivity index (χ0) is 20.9. The highest BCUT2D eigenvalue weighted by molar-refractivity contribution is 7.60. The number of hydrogen-bond donors (Lipinski definition) is 5. The van der Waals surface area contributed by atoms with Gasteiger partial charge in [-0.25, -0.2) is 18.5 Å². The molecule has 5 atom stereocenters. The number of halogens is 2. The largest absolute Gasteiger partial charge is 0.481 e. The number of anilines is 1. The molecular weight excluding hydrogens is 451 g/mol. The summed E-state index contributed by atoms with van der Waals surface area (Å²) >= 11 is 5.72. The van der Waals surface area contributed by atoms with Crippen molar-refractivity contribution in [1.82, 2.24) is 19.5 Å². The highest BCUT2D eigenvalue weighted by Crippen LogP contribution is 2.57. The molecule has 0 bridgehead atoms. The SMILES string of the molecule is Nc1nc(Cl)nc2c1ncn2C1OC(COP(=O)(O)OP(=O)(O)O)[C@@H](O)[C@@H]1F. The van der Waals surface area contributed by atoms with E-state index in [1.807, 2.05) is 0 Å². The van der Waals surface area contributed by atoms with E-state index in [1.165, 1.54) is 0 Å². The lowest BCUT2D eigenvalue weighted by Gasteiger charge is -2.17. The van der Waals surface area contributed by atoms with E-state index in [1.54, 1.807) is 0 Å². The van der Waals surface area contributed by atoms with Crippen LogP contribution in [0.15, 0.2) is 6.33 Å². The molecule has 1 fully saturated rings. The molecule has 1 aliphatic rings. The maximum Gasteiger partial charge on any atom is 0.481 e. The Balaban J connectivity index is 1.78. The predicted molar refractivity (Wildman–Crippen MR) is 88.5 cm³/mol. The molecule has 2 aromatic heterocycles. The molecule has 0 aliphatic carbocycles. The summed E-state index contributed by atoms with van der Waals surface area (Å²) in [5, 5.41) is 9.73. The van der Waals surface area contributed by atoms with Crippen molar-refractivity contribution in [3.05, 3.63) is 11.6 Å². The lowest BCUT2D eigenvalue weighted by atomic mass is 10.1. The minimum absolute atomic E-state index is 0.0107. The minimum Gasteiger partial charge on any atom is -0.387 e. The van der Waals surface area contributed by atoms with Gasteiger partial charge in [0.15, 0.2) is 23.9 Å². The molecule has 0 amide bonds. The molecule has 156 valence electrons. The van der Waals surface area contributed by atoms with E-state index in [9.17, 15) is 23.5 Å². The van der Waals surface area contributed by atoms with Crippen LogP contribution in [0, 0.1) is 0 Å². The van der Waals surface area contributed by atoms with Crippen molar-refractivity contribution in [3.8, 4) is 0 Å². The average molecular weight is 464 g/mol. The van der Waals surface area contributed by atoms with E-state index in [0.717, 1.165) is 10.9 Å². The summed E-state index contributed by atoms with van der Waals surface area (Å²) in [5.41, 5.74) is 5.76. The first kappa shape index (κ1) is 21.5. The van der Waals surface area contributed by atoms with Crippen LogP contribution < -0.4 is 5.73 Å². The van der Waals surface area contributed by atoms with Crippen molar-refractivity contribution in [2.75, 3.05) is 12.3 Å². The Bertz CT molecular complexity index is 988. The molecule has 6 N–H and O–H groups in total. The number of ether oxygens (including phenoxy) is 1. The van der Waals surface area contributed by atoms with Crippen LogP contribution in [0.1, 0.15) is 6.23 Å². The lowest BCUT2D eigenvalue weighted by Crippen LogP contribution is -2.31. The van der Waals surface area contributed by atoms with Crippen molar-refractivity contribution >= 4 is 44.2 Å². The number of rotatable bonds is 6. The van der Waals surface area contributed by atoms with Crippen molar-refractivity contribution in [2.45, 2.75) is 24.6 Å². The topological polar surface area (TPSA) is 212 Å². The van der Waals surface area contributed by atoms with Gasteiger partial charge in [-0.2, -0.15) is 14.3 Å². The summed E-state index contributed by atoms with van der Waals surface area (Å²) in [4.78, 5) is 37.8. The molecule has 3 rings (SSSR count). The molecule has 14 nitrogen and oxygen atoms in total. The number of nitrogens with zero attached hydrogens (tertiary/aromatic N) is 4. The highest BCUT2D eigenvalue weighted by atomic mass is 35.5. The van der Waals surface area contributed by atoms with Gasteiger partial charge in [0, 0.05) is 0 Å². The van der Waals surface area contributed by atoms with Gasteiger partial charge >= 0.3 is 15.6 Å². The Morgan fingerprint density at radius 1 is 1.36 bits per heavy atom. The third-order valence-corrected chi connectivity index (χ3v) is 5.92. The first-order valence-electron chi connectivity index (χ1n) is 7.25. The number of aromatic nitrogens is 4. The number of phosphoric ester groups is 1. The normalized spacial score (nSPS) is 27.9. The van der Waals surface area contributed by atoms with E-state index >= 15 is 0 Å². The van der Waals surface area contributed by atoms with Crippen LogP contribution in [0.2, 0.25) is 5.28 Å². The molecular formula is C10H13ClFN5O9P2. The standard InChI is InChI=1S/C10H13ClFN5O9P2/c11-10-15-7(13)5-8(16-10)17(2-14-5)9-4(12)6(18)3(25-9)1-24-28(22,23)26-27(19,20)21/h2-4,6,9,18H,1H2,(H,22,23)(H2,13,15,16)(H2,19,20,21)/t3?,4-,6+,9?/m0/s1. The molecule has 1 aliphatic heterocycles. The van der Waals surface area contributed by atoms with Crippen LogP contribution in [0.4, 0.5) is 10.2 Å². The second-order valence-corrected chi connectivity index (χ2v) is 8.71. The van der Waals surface area contributed by atoms with Crippen LogP contribution in [0.3, 0.4) is 0 Å². The van der Waals surface area contributed by atoms with E-state index in [0.29, 0.717) is 0 Å². The summed E-state index contributed by atoms with van der Waals surface area (Å²) in [6.07, 6.45) is -5.74. The van der Waals surface area contributed by atoms with E-state index in [2.05, 4.69) is 23.8 Å². The van der Waals surface area contributed by atoms with Gasteiger partial charge in [-0.3, -0.25) is 9.09 Å². The fourth-order valence-corrected chi connectivity index (χ4v) is 4.26. The molecule has 0 spiro atoms. The quantitative estimate of drug-likeness (QED) is 0.279. The Hall–Kier alpha value is -1.25. The summed E-state index contributed by atoms with van der Waals surface area (Å²) in [5.74, 6) is -0.0709. The van der Waals surface area contributed by atoms with E-state index in [4.69, 9.17) is 31.9 Å². The lowest BCUT2D eigenvalue weighted by molar-refractivity contribution is -0.0450. The van der Waals surface area contributed by atoms with Crippen LogP contribution in [-0.4, -0.2) is 64.3 Å². The maximum atomic E-state index is 14.5. The smallest absolute Gasteiger partial charge is 0.387 e. The third kappa shape index (κ3) is 4.49. The first-order valence-corrected chi connectivity index (χ1v) is 10.7. The zero-order valence-electron chi connectivity index (χ0n) is 13.4. The number of phosphoric acid groups is 2. The number of hydrogen-bond acceptors (Lipinski definition) is 10. The monoisotopic (exact) mass is 463 g/mol. The fraction of sp³-hybridized carbons (Fsp3) is 0.500. The number of fused-ring (bicyclic) bond motifs is 1. The second-order valence-electron chi connectivity index (χ2n) is 5.54. The maximum absolute atomic E-state index is 14.5. The van der Waals surface area contributed by atoms with Crippen molar-refractivity contribution in [3.63, 3.8) is 0 Å². The third-order valence-electron chi connectivity index (χ3n) is 3.60. The number of nitrogens with two attached hydrogens (primary N) is 1. The van der Waals surface area contributed by atoms with Gasteiger partial charge in [-0.1, -0.05) is 0 Å². The van der Waals surface area contributed by atoms with Gasteiger partial charge in [-0.05, 0) is 11.6 Å². The van der Waals surface area contributed by atoms with Crippen molar-refractivity contribution in [1.29, 1.82) is 0 Å². The van der Waals surface area contributed by atoms with Crippen LogP contribution in [0.5, 0.6) is 0 Å². The Kier molecular flexibility index (Phi) is 5.78. The summed E-state index contributed by atoms with van der Waals surface area (Å²) in [7, 11) is -10.5. The van der Waals surface area contributed by atoms with Gasteiger partial charge in [0.25, 0.3) is 0 Å². The van der Waals surface area contributed by atoms with Gasteiger partial charge < -0.3 is 30.3 Å². The van der Waals surface area contributed by atoms with Crippen LogP contribution >= 0.6 is 27.2 Å². The van der Waals surface area contributed by atoms with Crippen molar-refractivity contribution in [2.24, 2.45) is 0 Å². The summed E-state index contributed by atoms with van der Waals surface area (Å²) < 4.78 is 50.9. The highest BCUT2D eigenvalue weighted by Gasteiger charge is 2.47. The molecule has 3 unspecified atom stereocenters. The van der Waals surface area contributed by atoms with Crippen LogP contribution in [-0.2, 0) is 22.7 Å². The minimum atomic E-state index is -5.33. The fourth-order valence-electron chi connectivity index (χ4n) is 2.49. The van der Waals surface area contributed by atoms with Gasteiger partial charge in [0.05, 0.1) is 12.9 Å². The Labute approximate surface area is 159 Å². The molecule has 18 heteroatoms. The number of aliphatic hydroxyl groups is 1. The molecule has 3 heterocycles. The first-order chi connectivity index (χ1) is 12.9. The molecule has 0 radical (unpaired) electrons. The molecule has 1 saturated heterocycles. The van der Waals surface area contributed by atoms with Gasteiger partial charge in [0.1, 0.15) is 17.7 Å². The molecule has 2 aromatic rings. The van der Waals surface area contributed by atoms with E-state index < -0.39 is 46.9 Å². The number of nitrogen functional groups attached to an aromatic ring is 1. The number of imidazole rings is 1. The predicted octanol–water partition coefficient (Wildman–Crippen LogP) is -0.115. The molecule has 0 saturated carbocycles. The van der Waals surface area contributed by atoms with E-state index in [-0.39, 0.29) is 22.3 Å². The Morgan fingerprint density at radius 3 is 2.68 bits per heavy atom. The molecule has 0 aromatic carbocycles. The van der Waals surface area contributed by atoms with Crippen molar-refractivity contribution < 1.29 is 46.9 Å². The number of alkyl halides is 1. The second kappa shape index (κ2) is 7.54. The zero-order valence-corrected chi connectivity index (χ0v) is 16.0. The number of aliphatic hydroxyl groups excluding tert-OH is 1. The Morgan fingerprint density at radius 2 is 2.04 bits per heavy atom. The summed E-state index contributed by atoms with van der Waals surface area (Å²) in [6, 6.07) is 0. The average Bonchev–Trinajstić information content (AvgIpc) is 3.06. The van der Waals surface area contributed by atoms with Gasteiger partial charge in [0.2, 0.25) is 5.28 Å².